The molecule has 3 heterocycles. The minimum atomic E-state index is -1.03. The first kappa shape index (κ1) is 20.4. The Kier molecular flexibility index (Phi) is 4.80. The van der Waals surface area contributed by atoms with E-state index in [1.165, 1.54) is 23.1 Å². The van der Waals surface area contributed by atoms with Crippen LogP contribution < -0.4 is 4.90 Å². The van der Waals surface area contributed by atoms with Crippen molar-refractivity contribution in [3.8, 4) is 0 Å². The molecular weight excluding hydrogens is 453 g/mol. The summed E-state index contributed by atoms with van der Waals surface area (Å²) in [6, 6.07) is 14.0. The van der Waals surface area contributed by atoms with E-state index in [2.05, 4.69) is 9.97 Å². The molecule has 1 fully saturated rings. The fourth-order valence-electron chi connectivity index (χ4n) is 3.77. The number of fused-ring (bicyclic) bond motifs is 1. The predicted molar refractivity (Wildman–Crippen MR) is 121 cm³/mol. The number of para-hydroxylation sites is 2. The number of aryl methyl sites for hydroxylation is 1. The van der Waals surface area contributed by atoms with Gasteiger partial charge in [-0.15, -0.1) is 0 Å². The number of benzene rings is 2. The fourth-order valence-corrected chi connectivity index (χ4v) is 4.07. The van der Waals surface area contributed by atoms with Crippen LogP contribution in [0.5, 0.6) is 0 Å². The van der Waals surface area contributed by atoms with Crippen molar-refractivity contribution < 1.29 is 19.1 Å². The van der Waals surface area contributed by atoms with Crippen molar-refractivity contribution in [3.63, 3.8) is 0 Å². The molecule has 0 aliphatic carbocycles. The number of carbonyl (C=O) groups excluding carboxylic acids is 2. The summed E-state index contributed by atoms with van der Waals surface area (Å²) in [4.78, 5) is 35.0. The van der Waals surface area contributed by atoms with Gasteiger partial charge in [0.05, 0.1) is 26.7 Å². The van der Waals surface area contributed by atoms with Crippen molar-refractivity contribution in [3.05, 3.63) is 87.3 Å². The number of Topliss-reactive ketones (excluding diaryl/α,β-unsaturated/α-hetero) is 1. The third-order valence-electron chi connectivity index (χ3n) is 5.27. The van der Waals surface area contributed by atoms with Crippen LogP contribution in [0.3, 0.4) is 0 Å². The third kappa shape index (κ3) is 3.18. The van der Waals surface area contributed by atoms with E-state index in [1.807, 2.05) is 18.2 Å². The number of aromatic amines is 1. The van der Waals surface area contributed by atoms with Crippen LogP contribution in [-0.4, -0.2) is 26.8 Å². The molecule has 32 heavy (non-hydrogen) atoms. The number of halogens is 2. The van der Waals surface area contributed by atoms with E-state index in [1.54, 1.807) is 25.1 Å². The number of aliphatic hydroxyl groups excluding tert-OH is 1. The maximum absolute atomic E-state index is 13.1. The second-order valence-electron chi connectivity index (χ2n) is 7.32. The highest BCUT2D eigenvalue weighted by Gasteiger charge is 2.49. The first-order valence-electron chi connectivity index (χ1n) is 9.62. The van der Waals surface area contributed by atoms with Gasteiger partial charge in [0.1, 0.15) is 23.3 Å². The van der Waals surface area contributed by atoms with E-state index in [0.717, 1.165) is 0 Å². The number of rotatable bonds is 3. The molecule has 0 spiro atoms. The number of aromatic nitrogens is 2. The molecule has 0 bridgehead atoms. The summed E-state index contributed by atoms with van der Waals surface area (Å²) in [6.45, 7) is 1.75. The summed E-state index contributed by atoms with van der Waals surface area (Å²) in [5.74, 6) is -1.04. The molecule has 0 radical (unpaired) electrons. The van der Waals surface area contributed by atoms with Crippen LogP contribution in [0.15, 0.2) is 64.6 Å². The Labute approximate surface area is 191 Å². The monoisotopic (exact) mass is 467 g/mol. The lowest BCUT2D eigenvalue weighted by Gasteiger charge is -2.20. The van der Waals surface area contributed by atoms with Gasteiger partial charge in [-0.3, -0.25) is 14.5 Å². The summed E-state index contributed by atoms with van der Waals surface area (Å²) in [5.41, 5.74) is 1.44. The van der Waals surface area contributed by atoms with E-state index < -0.39 is 17.7 Å². The lowest BCUT2D eigenvalue weighted by molar-refractivity contribution is -0.132. The number of hydrogen-bond acceptors (Lipinski definition) is 5. The Morgan fingerprint density at radius 3 is 2.56 bits per heavy atom. The van der Waals surface area contributed by atoms with Gasteiger partial charge >= 0.3 is 5.91 Å². The molecule has 1 aliphatic heterocycles. The molecule has 1 aliphatic rings. The van der Waals surface area contributed by atoms with Crippen molar-refractivity contribution >= 4 is 57.6 Å². The van der Waals surface area contributed by atoms with Crippen LogP contribution in [0, 0.1) is 6.92 Å². The lowest BCUT2D eigenvalue weighted by atomic mass is 9.99. The van der Waals surface area contributed by atoms with Crippen molar-refractivity contribution in [2.45, 2.75) is 13.0 Å². The molecule has 1 saturated heterocycles. The summed E-state index contributed by atoms with van der Waals surface area (Å²) in [7, 11) is 0. The fraction of sp³-hybridized carbons (Fsp3) is 0.0870. The molecular formula is C23H15Cl2N3O4. The van der Waals surface area contributed by atoms with Crippen LogP contribution in [0.2, 0.25) is 10.0 Å². The number of nitrogens with one attached hydrogen (secondary N) is 1. The standard InChI is InChI=1S/C23H15Cl2N3O4/c1-11-6-9-17(32-11)19-18(20(29)12-7-8-13(24)14(25)10-12)21(30)22(31)28(19)23-26-15-4-2-3-5-16(15)27-23/h2-10,19,29H,1H3,(H,26,27)/b20-18+. The van der Waals surface area contributed by atoms with Crippen LogP contribution in [0.1, 0.15) is 23.1 Å². The molecule has 1 amide bonds. The molecule has 2 aromatic heterocycles. The first-order valence-corrected chi connectivity index (χ1v) is 10.4. The van der Waals surface area contributed by atoms with Crippen molar-refractivity contribution in [2.24, 2.45) is 0 Å². The topological polar surface area (TPSA) is 99.4 Å². The number of imidazole rings is 1. The van der Waals surface area contributed by atoms with Crippen molar-refractivity contribution in [2.75, 3.05) is 4.90 Å². The van der Waals surface area contributed by atoms with E-state index >= 15 is 0 Å². The number of ketones is 1. The number of carbonyl (C=O) groups is 2. The summed E-state index contributed by atoms with van der Waals surface area (Å²) in [5, 5.41) is 11.6. The quantitative estimate of drug-likeness (QED) is 0.238. The highest BCUT2D eigenvalue weighted by molar-refractivity contribution is 6.51. The molecule has 5 rings (SSSR count). The summed E-state index contributed by atoms with van der Waals surface area (Å²) in [6.07, 6.45) is 0. The number of aliphatic hydroxyl groups is 1. The second kappa shape index (κ2) is 7.55. The Hall–Kier alpha value is -3.55. The normalized spacial score (nSPS) is 18.1. The number of anilines is 1. The Bertz CT molecular complexity index is 1400. The number of hydrogen-bond donors (Lipinski definition) is 2. The van der Waals surface area contributed by atoms with Gasteiger partial charge in [0.15, 0.2) is 0 Å². The van der Waals surface area contributed by atoms with Gasteiger partial charge in [0.25, 0.3) is 5.78 Å². The second-order valence-corrected chi connectivity index (χ2v) is 8.14. The minimum Gasteiger partial charge on any atom is -0.507 e. The molecule has 1 unspecified atom stereocenters. The van der Waals surface area contributed by atoms with E-state index in [4.69, 9.17) is 27.6 Å². The van der Waals surface area contributed by atoms with Gasteiger partial charge < -0.3 is 14.5 Å². The number of amides is 1. The zero-order valence-electron chi connectivity index (χ0n) is 16.6. The SMILES string of the molecule is Cc1ccc(C2/C(=C(\O)c3ccc(Cl)c(Cl)c3)C(=O)C(=O)N2c2nc3ccccc3[nH]2)o1. The molecule has 1 atom stereocenters. The zero-order valence-corrected chi connectivity index (χ0v) is 18.1. The number of H-pyrrole nitrogens is 1. The van der Waals surface area contributed by atoms with Crippen LogP contribution in [0.25, 0.3) is 16.8 Å². The maximum atomic E-state index is 13.1. The number of nitrogens with zero attached hydrogens (tertiary/aromatic N) is 2. The highest BCUT2D eigenvalue weighted by Crippen LogP contribution is 2.42. The Balaban J connectivity index is 1.73. The maximum Gasteiger partial charge on any atom is 0.302 e. The van der Waals surface area contributed by atoms with Gasteiger partial charge in [0, 0.05) is 5.56 Å². The summed E-state index contributed by atoms with van der Waals surface area (Å²) < 4.78 is 5.77. The Morgan fingerprint density at radius 1 is 1.09 bits per heavy atom. The average Bonchev–Trinajstić information content (AvgIpc) is 3.46. The van der Waals surface area contributed by atoms with Gasteiger partial charge in [-0.05, 0) is 49.4 Å². The van der Waals surface area contributed by atoms with Gasteiger partial charge in [0.2, 0.25) is 5.95 Å². The van der Waals surface area contributed by atoms with Crippen LogP contribution >= 0.6 is 23.2 Å². The molecule has 9 heteroatoms. The first-order chi connectivity index (χ1) is 15.3. The predicted octanol–water partition coefficient (Wildman–Crippen LogP) is 5.40. The van der Waals surface area contributed by atoms with E-state index in [0.29, 0.717) is 27.6 Å². The third-order valence-corrected chi connectivity index (χ3v) is 6.01. The lowest BCUT2D eigenvalue weighted by Crippen LogP contribution is -2.30. The van der Waals surface area contributed by atoms with Gasteiger partial charge in [-0.1, -0.05) is 35.3 Å². The Morgan fingerprint density at radius 2 is 1.88 bits per heavy atom. The summed E-state index contributed by atoms with van der Waals surface area (Å²) >= 11 is 12.1. The molecule has 7 nitrogen and oxygen atoms in total. The van der Waals surface area contributed by atoms with Gasteiger partial charge in [-0.2, -0.15) is 0 Å². The van der Waals surface area contributed by atoms with Crippen molar-refractivity contribution in [1.82, 2.24) is 9.97 Å². The highest BCUT2D eigenvalue weighted by atomic mass is 35.5. The average molecular weight is 468 g/mol. The van der Waals surface area contributed by atoms with Gasteiger partial charge in [-0.25, -0.2) is 4.98 Å². The molecule has 2 N–H and O–H groups in total. The molecule has 2 aromatic carbocycles. The van der Waals surface area contributed by atoms with Crippen molar-refractivity contribution in [1.29, 1.82) is 0 Å². The van der Waals surface area contributed by atoms with E-state index in [9.17, 15) is 14.7 Å². The largest absolute Gasteiger partial charge is 0.507 e. The molecule has 0 saturated carbocycles. The number of furan rings is 1. The van der Waals surface area contributed by atoms with Crippen LogP contribution in [-0.2, 0) is 9.59 Å². The molecule has 4 aromatic rings. The zero-order chi connectivity index (χ0) is 22.6. The molecule has 160 valence electrons. The van der Waals surface area contributed by atoms with Crippen LogP contribution in [0.4, 0.5) is 5.95 Å². The minimum absolute atomic E-state index is 0.136. The smallest absolute Gasteiger partial charge is 0.302 e. The van der Waals surface area contributed by atoms with E-state index in [-0.39, 0.29) is 27.9 Å².